The Bertz CT molecular complexity index is 1370. The van der Waals surface area contributed by atoms with Crippen LogP contribution >= 0.6 is 11.6 Å². The molecule has 7 nitrogen and oxygen atoms in total. The lowest BCUT2D eigenvalue weighted by Crippen LogP contribution is -2.38. The van der Waals surface area contributed by atoms with Crippen molar-refractivity contribution in [2.24, 2.45) is 11.8 Å². The van der Waals surface area contributed by atoms with Crippen molar-refractivity contribution in [3.8, 4) is 5.75 Å². The molecule has 11 heteroatoms. The van der Waals surface area contributed by atoms with E-state index in [0.717, 1.165) is 35.1 Å². The number of carboxylic acids is 1. The number of alkyl halides is 3. The molecule has 1 aromatic carbocycles. The minimum atomic E-state index is -4.84. The first-order valence-electron chi connectivity index (χ1n) is 12.6. The average Bonchev–Trinajstić information content (AvgIpc) is 3.18. The molecule has 0 saturated heterocycles. The summed E-state index contributed by atoms with van der Waals surface area (Å²) in [6, 6.07) is 8.03. The molecule has 0 atom stereocenters. The lowest BCUT2D eigenvalue weighted by Gasteiger charge is -2.31. The van der Waals surface area contributed by atoms with Crippen LogP contribution in [0.5, 0.6) is 5.75 Å². The molecule has 0 bridgehead atoms. The van der Waals surface area contributed by atoms with Gasteiger partial charge in [0.2, 0.25) is 5.91 Å². The number of amides is 1. The second kappa shape index (κ2) is 10.5. The summed E-state index contributed by atoms with van der Waals surface area (Å²) in [6.45, 7) is 1.30. The van der Waals surface area contributed by atoms with Crippen LogP contribution in [0.25, 0.3) is 11.0 Å². The topological polar surface area (TPSA) is 84.7 Å². The van der Waals surface area contributed by atoms with Crippen molar-refractivity contribution >= 4 is 34.5 Å². The van der Waals surface area contributed by atoms with E-state index in [-0.39, 0.29) is 22.8 Å². The standard InChI is InChI=1S/C27H27ClF3N3O4/c28-21-12-17(5-8-23(21)38-27(29,30)31)14-34-22-15-33(11-9-19(22)20-2-1-10-32-25(20)34)24(35)13-16-3-6-18(7-4-16)26(36)37/h1-2,5,8,10,12,16,18H,3-4,6-7,9,11,13-15H2,(H,36,37)/t16-,18+. The van der Waals surface area contributed by atoms with Crippen molar-refractivity contribution in [1.29, 1.82) is 0 Å². The third kappa shape index (κ3) is 5.60. The quantitative estimate of drug-likeness (QED) is 0.420. The second-order valence-electron chi connectivity index (χ2n) is 10.0. The Hall–Kier alpha value is -3.27. The van der Waals surface area contributed by atoms with E-state index in [9.17, 15) is 27.9 Å². The Morgan fingerprint density at radius 2 is 1.92 bits per heavy atom. The largest absolute Gasteiger partial charge is 0.573 e. The summed E-state index contributed by atoms with van der Waals surface area (Å²) in [5.41, 5.74) is 3.47. The number of hydrogen-bond acceptors (Lipinski definition) is 4. The fraction of sp³-hybridized carbons (Fsp3) is 0.444. The normalized spacial score (nSPS) is 19.8. The Morgan fingerprint density at radius 1 is 1.16 bits per heavy atom. The van der Waals surface area contributed by atoms with Gasteiger partial charge in [-0.3, -0.25) is 9.59 Å². The minimum absolute atomic E-state index is 0.0517. The van der Waals surface area contributed by atoms with E-state index in [1.54, 1.807) is 6.20 Å². The molecule has 3 heterocycles. The summed E-state index contributed by atoms with van der Waals surface area (Å²) in [7, 11) is 0. The van der Waals surface area contributed by atoms with Crippen LogP contribution in [0, 0.1) is 11.8 Å². The summed E-state index contributed by atoms with van der Waals surface area (Å²) in [5, 5.41) is 10.1. The zero-order valence-corrected chi connectivity index (χ0v) is 21.3. The van der Waals surface area contributed by atoms with Gasteiger partial charge >= 0.3 is 12.3 Å². The number of nitrogens with zero attached hydrogens (tertiary/aromatic N) is 3. The summed E-state index contributed by atoms with van der Waals surface area (Å²) in [4.78, 5) is 30.9. The zero-order valence-electron chi connectivity index (χ0n) is 20.5. The molecule has 5 rings (SSSR count). The van der Waals surface area contributed by atoms with E-state index in [1.807, 2.05) is 21.6 Å². The molecule has 1 N–H and O–H groups in total. The van der Waals surface area contributed by atoms with Gasteiger partial charge in [-0.05, 0) is 73.4 Å². The van der Waals surface area contributed by atoms with Gasteiger partial charge in [-0.15, -0.1) is 13.2 Å². The Morgan fingerprint density at radius 3 is 2.61 bits per heavy atom. The van der Waals surface area contributed by atoms with E-state index < -0.39 is 18.1 Å². The SMILES string of the molecule is O=C(C[C@H]1CC[C@@H](C(=O)O)CC1)N1CCc2c(n(Cc3ccc(OC(F)(F)F)c(Cl)c3)c3ncccc23)C1. The highest BCUT2D eigenvalue weighted by Crippen LogP contribution is 2.35. The number of carbonyl (C=O) groups excluding carboxylic acids is 1. The van der Waals surface area contributed by atoms with Crippen molar-refractivity contribution in [3.05, 3.63) is 58.4 Å². The van der Waals surface area contributed by atoms with Gasteiger partial charge in [0.25, 0.3) is 0 Å². The number of halogens is 4. The molecule has 2 aromatic heterocycles. The van der Waals surface area contributed by atoms with Gasteiger partial charge in [0.15, 0.2) is 0 Å². The van der Waals surface area contributed by atoms with E-state index >= 15 is 0 Å². The summed E-state index contributed by atoms with van der Waals surface area (Å²) < 4.78 is 43.9. The number of benzene rings is 1. The summed E-state index contributed by atoms with van der Waals surface area (Å²) in [6.07, 6.45) is 0.600. The molecule has 0 radical (unpaired) electrons. The Labute approximate surface area is 222 Å². The van der Waals surface area contributed by atoms with Gasteiger partial charge in [-0.2, -0.15) is 0 Å². The van der Waals surface area contributed by atoms with E-state index in [0.29, 0.717) is 50.9 Å². The number of carbonyl (C=O) groups is 2. The van der Waals surface area contributed by atoms with Crippen LogP contribution < -0.4 is 4.74 Å². The second-order valence-corrected chi connectivity index (χ2v) is 10.4. The maximum Gasteiger partial charge on any atom is 0.573 e. The molecule has 3 aromatic rings. The minimum Gasteiger partial charge on any atom is -0.481 e. The van der Waals surface area contributed by atoms with E-state index in [2.05, 4.69) is 9.72 Å². The molecule has 1 saturated carbocycles. The molecule has 1 aliphatic carbocycles. The molecule has 2 aliphatic rings. The monoisotopic (exact) mass is 549 g/mol. The van der Waals surface area contributed by atoms with Crippen molar-refractivity contribution in [1.82, 2.24) is 14.5 Å². The van der Waals surface area contributed by atoms with Crippen LogP contribution in [-0.4, -0.2) is 44.3 Å². The van der Waals surface area contributed by atoms with Crippen LogP contribution in [0.4, 0.5) is 13.2 Å². The van der Waals surface area contributed by atoms with Crippen LogP contribution in [-0.2, 0) is 29.1 Å². The third-order valence-electron chi connectivity index (χ3n) is 7.59. The van der Waals surface area contributed by atoms with Crippen molar-refractivity contribution in [3.63, 3.8) is 0 Å². The predicted molar refractivity (Wildman–Crippen MR) is 134 cm³/mol. The molecular weight excluding hydrogens is 523 g/mol. The number of rotatable bonds is 6. The third-order valence-corrected chi connectivity index (χ3v) is 7.88. The molecule has 1 fully saturated rings. The highest BCUT2D eigenvalue weighted by molar-refractivity contribution is 6.32. The highest BCUT2D eigenvalue weighted by Gasteiger charge is 2.33. The zero-order chi connectivity index (χ0) is 27.0. The Kier molecular flexibility index (Phi) is 7.26. The maximum absolute atomic E-state index is 13.2. The molecular formula is C27H27ClF3N3O4. The number of ether oxygens (including phenoxy) is 1. The number of carboxylic acid groups (broad SMARTS) is 1. The first-order chi connectivity index (χ1) is 18.1. The molecule has 38 heavy (non-hydrogen) atoms. The average molecular weight is 550 g/mol. The smallest absolute Gasteiger partial charge is 0.481 e. The number of fused-ring (bicyclic) bond motifs is 3. The molecule has 0 unspecified atom stereocenters. The van der Waals surface area contributed by atoms with E-state index in [4.69, 9.17) is 11.6 Å². The summed E-state index contributed by atoms with van der Waals surface area (Å²) >= 11 is 6.09. The molecule has 0 spiro atoms. The van der Waals surface area contributed by atoms with Crippen LogP contribution in [0.2, 0.25) is 5.02 Å². The van der Waals surface area contributed by atoms with Crippen LogP contribution in [0.1, 0.15) is 48.9 Å². The van der Waals surface area contributed by atoms with Gasteiger partial charge in [0.05, 0.1) is 17.5 Å². The number of aromatic nitrogens is 2. The highest BCUT2D eigenvalue weighted by atomic mass is 35.5. The Balaban J connectivity index is 1.35. The number of hydrogen-bond donors (Lipinski definition) is 1. The molecule has 202 valence electrons. The van der Waals surface area contributed by atoms with Gasteiger partial charge in [-0.1, -0.05) is 17.7 Å². The number of aliphatic carboxylic acids is 1. The van der Waals surface area contributed by atoms with Gasteiger partial charge in [0, 0.05) is 36.8 Å². The van der Waals surface area contributed by atoms with Crippen molar-refractivity contribution < 1.29 is 32.6 Å². The maximum atomic E-state index is 13.2. The van der Waals surface area contributed by atoms with Gasteiger partial charge < -0.3 is 19.3 Å². The fourth-order valence-corrected chi connectivity index (χ4v) is 5.91. The van der Waals surface area contributed by atoms with Crippen LogP contribution in [0.3, 0.4) is 0 Å². The summed E-state index contributed by atoms with van der Waals surface area (Å²) in [5.74, 6) is -1.30. The lowest BCUT2D eigenvalue weighted by atomic mass is 9.80. The van der Waals surface area contributed by atoms with Crippen molar-refractivity contribution in [2.45, 2.75) is 58.0 Å². The lowest BCUT2D eigenvalue weighted by molar-refractivity contribution is -0.274. The van der Waals surface area contributed by atoms with Crippen molar-refractivity contribution in [2.75, 3.05) is 6.54 Å². The van der Waals surface area contributed by atoms with Gasteiger partial charge in [-0.25, -0.2) is 4.98 Å². The van der Waals surface area contributed by atoms with E-state index in [1.165, 1.54) is 18.2 Å². The first kappa shape index (κ1) is 26.3. The predicted octanol–water partition coefficient (Wildman–Crippen LogP) is 5.80. The van der Waals surface area contributed by atoms with Gasteiger partial charge in [0.1, 0.15) is 11.4 Å². The fourth-order valence-electron chi connectivity index (χ4n) is 5.67. The molecule has 1 amide bonds. The molecule has 1 aliphatic heterocycles. The van der Waals surface area contributed by atoms with Crippen LogP contribution in [0.15, 0.2) is 36.5 Å². The number of pyridine rings is 1. The first-order valence-corrected chi connectivity index (χ1v) is 13.0.